The number of morpholine rings is 1. The van der Waals surface area contributed by atoms with E-state index < -0.39 is 15.9 Å². The number of para-hydroxylation sites is 1. The van der Waals surface area contributed by atoms with Crippen molar-refractivity contribution in [3.8, 4) is 5.75 Å². The van der Waals surface area contributed by atoms with E-state index in [2.05, 4.69) is 4.98 Å². The lowest BCUT2D eigenvalue weighted by molar-refractivity contribution is -0.119. The maximum absolute atomic E-state index is 13.8. The number of ether oxygens (including phenoxy) is 2. The molecule has 0 bridgehead atoms. The number of benzene rings is 2. The molecule has 0 atom stereocenters. The molecule has 4 rings (SSSR count). The molecule has 0 unspecified atom stereocenters. The molecule has 0 spiro atoms. The van der Waals surface area contributed by atoms with Crippen molar-refractivity contribution in [3.63, 3.8) is 0 Å². The van der Waals surface area contributed by atoms with Crippen LogP contribution in [0.5, 0.6) is 5.75 Å². The number of anilines is 1. The molecule has 1 saturated heterocycles. The molecule has 1 amide bonds. The lowest BCUT2D eigenvalue weighted by Gasteiger charge is -2.30. The highest BCUT2D eigenvalue weighted by molar-refractivity contribution is 7.93. The Hall–Kier alpha value is -3.53. The van der Waals surface area contributed by atoms with Crippen LogP contribution < -0.4 is 9.04 Å². The molecule has 3 aromatic rings. The van der Waals surface area contributed by atoms with Crippen molar-refractivity contribution in [1.82, 2.24) is 9.88 Å². The van der Waals surface area contributed by atoms with Gasteiger partial charge in [-0.15, -0.1) is 0 Å². The van der Waals surface area contributed by atoms with Crippen LogP contribution in [0, 0.1) is 0 Å². The second-order valence-corrected chi connectivity index (χ2v) is 9.69. The van der Waals surface area contributed by atoms with Crippen LogP contribution in [0.25, 0.3) is 12.2 Å². The Balaban J connectivity index is 1.75. The highest BCUT2D eigenvalue weighted by Gasteiger charge is 2.33. The number of carbonyl (C=O) groups is 1. The first kappa shape index (κ1) is 24.6. The first-order chi connectivity index (χ1) is 17.0. The molecule has 0 N–H and O–H groups in total. The quantitative estimate of drug-likeness (QED) is 0.476. The van der Waals surface area contributed by atoms with Gasteiger partial charge in [-0.1, -0.05) is 30.4 Å². The molecule has 0 aliphatic carbocycles. The van der Waals surface area contributed by atoms with Gasteiger partial charge in [0, 0.05) is 25.5 Å². The van der Waals surface area contributed by atoms with E-state index in [9.17, 15) is 13.2 Å². The minimum atomic E-state index is -4.21. The Kier molecular flexibility index (Phi) is 7.91. The number of amides is 1. The van der Waals surface area contributed by atoms with Crippen LogP contribution in [-0.2, 0) is 19.6 Å². The number of hydrogen-bond acceptors (Lipinski definition) is 7. The number of nitrogens with zero attached hydrogens (tertiary/aromatic N) is 3. The van der Waals surface area contributed by atoms with E-state index >= 15 is 0 Å². The summed E-state index contributed by atoms with van der Waals surface area (Å²) in [5, 5.41) is 0. The molecule has 0 saturated carbocycles. The summed E-state index contributed by atoms with van der Waals surface area (Å²) < 4.78 is 39.1. The summed E-state index contributed by atoms with van der Waals surface area (Å²) in [6.07, 6.45) is 7.00. The van der Waals surface area contributed by atoms with E-state index in [0.717, 1.165) is 9.87 Å². The Morgan fingerprint density at radius 2 is 1.71 bits per heavy atom. The van der Waals surface area contributed by atoms with Gasteiger partial charge >= 0.3 is 0 Å². The van der Waals surface area contributed by atoms with Crippen molar-refractivity contribution in [2.24, 2.45) is 0 Å². The van der Waals surface area contributed by atoms with Gasteiger partial charge < -0.3 is 9.47 Å². The average molecular weight is 494 g/mol. The van der Waals surface area contributed by atoms with E-state index in [1.54, 1.807) is 54.9 Å². The molecule has 1 fully saturated rings. The van der Waals surface area contributed by atoms with Gasteiger partial charge in [-0.2, -0.15) is 0 Å². The number of aromatic nitrogens is 1. The molecule has 1 aromatic heterocycles. The van der Waals surface area contributed by atoms with Gasteiger partial charge in [0.15, 0.2) is 0 Å². The van der Waals surface area contributed by atoms with Gasteiger partial charge in [0.25, 0.3) is 15.9 Å². The van der Waals surface area contributed by atoms with E-state index in [4.69, 9.17) is 9.47 Å². The van der Waals surface area contributed by atoms with Gasteiger partial charge in [0.2, 0.25) is 0 Å². The summed E-state index contributed by atoms with van der Waals surface area (Å²) in [6, 6.07) is 16.6. The third-order valence-corrected chi connectivity index (χ3v) is 7.35. The number of hydrogen-bond donors (Lipinski definition) is 0. The SMILES string of the molecule is COc1ccc(S(=O)(=O)N(C(=O)CN2CCOCC2)c2ccccc2/C=C/c2ccncc2)cc1. The predicted octanol–water partition coefficient (Wildman–Crippen LogP) is 3.31. The highest BCUT2D eigenvalue weighted by atomic mass is 32.2. The first-order valence-corrected chi connectivity index (χ1v) is 12.6. The summed E-state index contributed by atoms with van der Waals surface area (Å²) in [6.45, 7) is 2.09. The Morgan fingerprint density at radius 3 is 2.40 bits per heavy atom. The molecule has 2 aromatic carbocycles. The monoisotopic (exact) mass is 493 g/mol. The molecule has 2 heterocycles. The lowest BCUT2D eigenvalue weighted by atomic mass is 10.1. The fourth-order valence-corrected chi connectivity index (χ4v) is 5.18. The van der Waals surface area contributed by atoms with E-state index in [1.807, 2.05) is 23.1 Å². The fraction of sp³-hybridized carbons (Fsp3) is 0.231. The topological polar surface area (TPSA) is 89.0 Å². The van der Waals surface area contributed by atoms with Crippen molar-refractivity contribution >= 4 is 33.8 Å². The van der Waals surface area contributed by atoms with Crippen LogP contribution >= 0.6 is 0 Å². The molecule has 1 aliphatic heterocycles. The minimum absolute atomic E-state index is 0.00143. The maximum Gasteiger partial charge on any atom is 0.270 e. The molecule has 8 nitrogen and oxygen atoms in total. The standard InChI is InChI=1S/C26H27N3O5S/c1-33-23-8-10-24(11-9-23)35(31,32)29(26(30)20-28-16-18-34-19-17-28)25-5-3-2-4-22(25)7-6-21-12-14-27-15-13-21/h2-15H,16-20H2,1H3/b7-6+. The van der Waals surface area contributed by atoms with Gasteiger partial charge in [-0.3, -0.25) is 14.7 Å². The molecular weight excluding hydrogens is 466 g/mol. The summed E-state index contributed by atoms with van der Waals surface area (Å²) in [5.41, 5.74) is 1.78. The number of pyridine rings is 1. The lowest BCUT2D eigenvalue weighted by Crippen LogP contribution is -2.47. The molecule has 9 heteroatoms. The van der Waals surface area contributed by atoms with E-state index in [0.29, 0.717) is 37.6 Å². The largest absolute Gasteiger partial charge is 0.497 e. The number of carbonyl (C=O) groups excluding carboxylic acids is 1. The molecular formula is C26H27N3O5S. The Morgan fingerprint density at radius 1 is 1.03 bits per heavy atom. The van der Waals surface area contributed by atoms with Crippen molar-refractivity contribution in [1.29, 1.82) is 0 Å². The zero-order valence-corrected chi connectivity index (χ0v) is 20.2. The second-order valence-electron chi connectivity index (χ2n) is 7.90. The van der Waals surface area contributed by atoms with Crippen molar-refractivity contribution < 1.29 is 22.7 Å². The zero-order valence-electron chi connectivity index (χ0n) is 19.4. The van der Waals surface area contributed by atoms with E-state index in [-0.39, 0.29) is 17.1 Å². The van der Waals surface area contributed by atoms with Gasteiger partial charge in [0.1, 0.15) is 5.75 Å². The Labute approximate surface area is 205 Å². The summed E-state index contributed by atoms with van der Waals surface area (Å²) >= 11 is 0. The Bertz CT molecular complexity index is 1270. The maximum atomic E-state index is 13.8. The summed E-state index contributed by atoms with van der Waals surface area (Å²) in [4.78, 5) is 19.5. The van der Waals surface area contributed by atoms with Gasteiger partial charge in [0.05, 0.1) is 37.5 Å². The fourth-order valence-electron chi connectivity index (χ4n) is 3.74. The van der Waals surface area contributed by atoms with Crippen LogP contribution in [-0.4, -0.2) is 64.2 Å². The third-order valence-electron chi connectivity index (χ3n) is 5.60. The zero-order chi connectivity index (χ0) is 24.7. The third kappa shape index (κ3) is 5.94. The summed E-state index contributed by atoms with van der Waals surface area (Å²) in [7, 11) is -2.70. The molecule has 182 valence electrons. The first-order valence-electron chi connectivity index (χ1n) is 11.2. The second kappa shape index (κ2) is 11.3. The molecule has 35 heavy (non-hydrogen) atoms. The van der Waals surface area contributed by atoms with Gasteiger partial charge in [-0.05, 0) is 53.6 Å². The van der Waals surface area contributed by atoms with Crippen molar-refractivity contribution in [2.45, 2.75) is 4.90 Å². The highest BCUT2D eigenvalue weighted by Crippen LogP contribution is 2.30. The number of methoxy groups -OCH3 is 1. The number of sulfonamides is 1. The van der Waals surface area contributed by atoms with Crippen LogP contribution in [0.15, 0.2) is 78.0 Å². The van der Waals surface area contributed by atoms with Crippen molar-refractivity contribution in [2.75, 3.05) is 44.3 Å². The van der Waals surface area contributed by atoms with Crippen LogP contribution in [0.4, 0.5) is 5.69 Å². The van der Waals surface area contributed by atoms with Crippen LogP contribution in [0.2, 0.25) is 0 Å². The van der Waals surface area contributed by atoms with E-state index in [1.165, 1.54) is 19.2 Å². The summed E-state index contributed by atoms with van der Waals surface area (Å²) in [5.74, 6) is -0.0108. The van der Waals surface area contributed by atoms with Gasteiger partial charge in [-0.25, -0.2) is 12.7 Å². The predicted molar refractivity (Wildman–Crippen MR) is 135 cm³/mol. The smallest absolute Gasteiger partial charge is 0.270 e. The number of rotatable bonds is 8. The molecule has 0 radical (unpaired) electrons. The normalized spacial score (nSPS) is 14.7. The minimum Gasteiger partial charge on any atom is -0.497 e. The van der Waals surface area contributed by atoms with Crippen LogP contribution in [0.3, 0.4) is 0 Å². The average Bonchev–Trinajstić information content (AvgIpc) is 2.89. The molecule has 1 aliphatic rings. The van der Waals surface area contributed by atoms with Crippen LogP contribution in [0.1, 0.15) is 11.1 Å². The van der Waals surface area contributed by atoms with Crippen molar-refractivity contribution in [3.05, 3.63) is 84.2 Å².